The van der Waals surface area contributed by atoms with Gasteiger partial charge in [0.15, 0.2) is 5.76 Å². The van der Waals surface area contributed by atoms with Gasteiger partial charge in [0, 0.05) is 26.6 Å². The molecule has 0 aliphatic rings. The minimum absolute atomic E-state index is 0.0301. The Morgan fingerprint density at radius 1 is 0.971 bits per heavy atom. The number of carbonyl (C=O) groups is 1. The summed E-state index contributed by atoms with van der Waals surface area (Å²) in [6, 6.07) is 13.6. The molecular formula is C24H20Cl3N3O4S. The van der Waals surface area contributed by atoms with E-state index in [2.05, 4.69) is 9.71 Å². The summed E-state index contributed by atoms with van der Waals surface area (Å²) in [5.41, 5.74) is 1.38. The summed E-state index contributed by atoms with van der Waals surface area (Å²) < 4.78 is 32.0. The van der Waals surface area contributed by atoms with E-state index < -0.39 is 21.4 Å². The Labute approximate surface area is 217 Å². The van der Waals surface area contributed by atoms with Crippen LogP contribution < -0.4 is 9.86 Å². The fraction of sp³-hybridized carbons (Fsp3) is 0.167. The Bertz CT molecular complexity index is 1570. The van der Waals surface area contributed by atoms with Crippen molar-refractivity contribution in [2.75, 3.05) is 4.72 Å². The second-order valence-electron chi connectivity index (χ2n) is 8.90. The van der Waals surface area contributed by atoms with E-state index in [1.807, 2.05) is 0 Å². The Morgan fingerprint density at radius 3 is 2.17 bits per heavy atom. The monoisotopic (exact) mass is 551 g/mol. The van der Waals surface area contributed by atoms with Gasteiger partial charge in [-0.3, -0.25) is 9.52 Å². The van der Waals surface area contributed by atoms with Crippen molar-refractivity contribution in [2.24, 2.45) is 10.6 Å². The van der Waals surface area contributed by atoms with Crippen LogP contribution in [0.5, 0.6) is 0 Å². The molecule has 4 aromatic rings. The number of hydrogen-bond acceptors (Lipinski definition) is 5. The topological polar surface area (TPSA) is 115 Å². The van der Waals surface area contributed by atoms with Crippen molar-refractivity contribution in [1.29, 1.82) is 0 Å². The first-order valence-electron chi connectivity index (χ1n) is 10.3. The summed E-state index contributed by atoms with van der Waals surface area (Å²) in [6.45, 7) is 5.07. The number of anilines is 1. The molecule has 0 aliphatic heterocycles. The zero-order valence-corrected chi connectivity index (χ0v) is 21.9. The molecule has 0 bridgehead atoms. The van der Waals surface area contributed by atoms with Crippen molar-refractivity contribution in [2.45, 2.75) is 20.8 Å². The predicted molar refractivity (Wildman–Crippen MR) is 140 cm³/mol. The maximum absolute atomic E-state index is 13.1. The van der Waals surface area contributed by atoms with Gasteiger partial charge in [-0.1, -0.05) is 67.7 Å². The Morgan fingerprint density at radius 2 is 1.60 bits per heavy atom. The normalized spacial score (nSPS) is 12.2. The molecule has 0 radical (unpaired) electrons. The molecule has 0 aliphatic carbocycles. The Hall–Kier alpha value is -2.62. The molecular weight excluding hydrogens is 533 g/mol. The van der Waals surface area contributed by atoms with Crippen LogP contribution in [-0.2, 0) is 10.2 Å². The third kappa shape index (κ3) is 5.32. The number of Topliss-reactive ketones (excluding diaryl/α,β-unsaturated/α-hetero) is 1. The average Bonchev–Trinajstić information content (AvgIpc) is 3.08. The Kier molecular flexibility index (Phi) is 6.63. The second-order valence-corrected chi connectivity index (χ2v) is 11.5. The highest BCUT2D eigenvalue weighted by Crippen LogP contribution is 2.42. The van der Waals surface area contributed by atoms with Crippen LogP contribution in [0.1, 0.15) is 31.3 Å². The summed E-state index contributed by atoms with van der Waals surface area (Å²) in [4.78, 5) is 17.8. The van der Waals surface area contributed by atoms with Crippen LogP contribution in [0.25, 0.3) is 33.5 Å². The smallest absolute Gasteiger partial charge is 0.296 e. The number of nitrogens with two attached hydrogens (primary N) is 1. The predicted octanol–water partition coefficient (Wildman–Crippen LogP) is 6.97. The number of halogens is 3. The molecule has 0 saturated heterocycles. The molecule has 182 valence electrons. The van der Waals surface area contributed by atoms with Crippen LogP contribution in [0.3, 0.4) is 0 Å². The second kappa shape index (κ2) is 9.11. The SMILES string of the molecule is CC(C)(C)C(=O)c1oc2nc(-c3ccc(Cl)cc3Cl)c(-c3ccc(Cl)cc3)cc2c1NS(N)(=O)=O. The summed E-state index contributed by atoms with van der Waals surface area (Å²) >= 11 is 18.7. The lowest BCUT2D eigenvalue weighted by Crippen LogP contribution is -2.25. The van der Waals surface area contributed by atoms with Crippen molar-refractivity contribution < 1.29 is 17.6 Å². The first kappa shape index (κ1) is 25.5. The molecule has 2 heterocycles. The van der Waals surface area contributed by atoms with Crippen LogP contribution in [0.2, 0.25) is 15.1 Å². The number of ketones is 1. The van der Waals surface area contributed by atoms with E-state index in [9.17, 15) is 13.2 Å². The average molecular weight is 553 g/mol. The van der Waals surface area contributed by atoms with Gasteiger partial charge in [0.25, 0.3) is 10.2 Å². The molecule has 35 heavy (non-hydrogen) atoms. The molecule has 0 spiro atoms. The lowest BCUT2D eigenvalue weighted by atomic mass is 9.89. The van der Waals surface area contributed by atoms with Gasteiger partial charge < -0.3 is 4.42 Å². The van der Waals surface area contributed by atoms with Crippen molar-refractivity contribution in [3.05, 3.63) is 69.4 Å². The number of benzene rings is 2. The van der Waals surface area contributed by atoms with E-state index >= 15 is 0 Å². The molecule has 3 N–H and O–H groups in total. The van der Waals surface area contributed by atoms with Gasteiger partial charge in [-0.05, 0) is 42.0 Å². The van der Waals surface area contributed by atoms with Crippen molar-refractivity contribution in [1.82, 2.24) is 4.98 Å². The standard InChI is InChI=1S/C24H20Cl3N3O4S/c1-24(2,3)22(31)21-20(30-35(28,32)33)17-11-16(12-4-6-13(25)7-5-12)19(29-23(17)34-21)15-9-8-14(26)10-18(15)27/h4-11,30H,1-3H3,(H2,28,32,33). The number of carbonyl (C=O) groups excluding carboxylic acids is 1. The highest BCUT2D eigenvalue weighted by molar-refractivity contribution is 7.90. The maximum Gasteiger partial charge on any atom is 0.296 e. The first-order chi connectivity index (χ1) is 16.2. The quantitative estimate of drug-likeness (QED) is 0.260. The molecule has 7 nitrogen and oxygen atoms in total. The van der Waals surface area contributed by atoms with Gasteiger partial charge in [-0.15, -0.1) is 0 Å². The summed E-state index contributed by atoms with van der Waals surface area (Å²) in [5.74, 6) is -0.629. The molecule has 0 fully saturated rings. The van der Waals surface area contributed by atoms with Crippen LogP contribution in [0, 0.1) is 5.41 Å². The number of nitrogens with zero attached hydrogens (tertiary/aromatic N) is 1. The van der Waals surface area contributed by atoms with Crippen LogP contribution in [0.4, 0.5) is 5.69 Å². The van der Waals surface area contributed by atoms with Crippen LogP contribution in [-0.4, -0.2) is 19.2 Å². The third-order valence-electron chi connectivity index (χ3n) is 5.16. The van der Waals surface area contributed by atoms with E-state index in [1.165, 1.54) is 0 Å². The lowest BCUT2D eigenvalue weighted by Gasteiger charge is -2.15. The van der Waals surface area contributed by atoms with E-state index in [0.29, 0.717) is 31.9 Å². The van der Waals surface area contributed by atoms with Gasteiger partial charge in [0.1, 0.15) is 5.69 Å². The van der Waals surface area contributed by atoms with Gasteiger partial charge >= 0.3 is 0 Å². The summed E-state index contributed by atoms with van der Waals surface area (Å²) in [5, 5.41) is 6.84. The molecule has 0 amide bonds. The highest BCUT2D eigenvalue weighted by Gasteiger charge is 2.32. The van der Waals surface area contributed by atoms with E-state index in [0.717, 1.165) is 5.56 Å². The van der Waals surface area contributed by atoms with Gasteiger partial charge in [0.05, 0.1) is 16.1 Å². The summed E-state index contributed by atoms with van der Waals surface area (Å²) in [7, 11) is -4.24. The Balaban J connectivity index is 2.10. The zero-order valence-electron chi connectivity index (χ0n) is 18.8. The van der Waals surface area contributed by atoms with Crippen molar-refractivity contribution in [3.63, 3.8) is 0 Å². The van der Waals surface area contributed by atoms with E-state index in [1.54, 1.807) is 69.3 Å². The molecule has 0 atom stereocenters. The molecule has 2 aromatic heterocycles. The highest BCUT2D eigenvalue weighted by atomic mass is 35.5. The molecule has 11 heteroatoms. The number of rotatable bonds is 5. The first-order valence-corrected chi connectivity index (χ1v) is 13.0. The number of furan rings is 1. The number of hydrogen-bond donors (Lipinski definition) is 2. The molecule has 0 saturated carbocycles. The molecule has 0 unspecified atom stereocenters. The van der Waals surface area contributed by atoms with Gasteiger partial charge in [0.2, 0.25) is 11.5 Å². The minimum Gasteiger partial charge on any atom is -0.432 e. The number of fused-ring (bicyclic) bond motifs is 1. The third-order valence-corrected chi connectivity index (χ3v) is 6.44. The van der Waals surface area contributed by atoms with Crippen LogP contribution in [0.15, 0.2) is 52.9 Å². The van der Waals surface area contributed by atoms with E-state index in [-0.39, 0.29) is 22.5 Å². The summed E-state index contributed by atoms with van der Waals surface area (Å²) in [6.07, 6.45) is 0. The van der Waals surface area contributed by atoms with Gasteiger partial charge in [-0.25, -0.2) is 10.1 Å². The largest absolute Gasteiger partial charge is 0.432 e. The van der Waals surface area contributed by atoms with E-state index in [4.69, 9.17) is 44.4 Å². The zero-order chi connectivity index (χ0) is 25.7. The van der Waals surface area contributed by atoms with Crippen LogP contribution >= 0.6 is 34.8 Å². The van der Waals surface area contributed by atoms with Crippen molar-refractivity contribution >= 4 is 67.6 Å². The fourth-order valence-corrected chi connectivity index (χ4v) is 4.61. The number of pyridine rings is 1. The van der Waals surface area contributed by atoms with Gasteiger partial charge in [-0.2, -0.15) is 8.42 Å². The maximum atomic E-state index is 13.1. The number of aromatic nitrogens is 1. The molecule has 4 rings (SSSR count). The van der Waals surface area contributed by atoms with Crippen molar-refractivity contribution in [3.8, 4) is 22.4 Å². The lowest BCUT2D eigenvalue weighted by molar-refractivity contribution is 0.0832. The number of nitrogens with one attached hydrogen (secondary N) is 1. The minimum atomic E-state index is -4.24. The fourth-order valence-electron chi connectivity index (χ4n) is 3.50. The molecule has 2 aromatic carbocycles.